The van der Waals surface area contributed by atoms with Crippen LogP contribution in [0.5, 0.6) is 0 Å². The predicted octanol–water partition coefficient (Wildman–Crippen LogP) is 1.60. The van der Waals surface area contributed by atoms with E-state index in [4.69, 9.17) is 0 Å². The van der Waals surface area contributed by atoms with Crippen molar-refractivity contribution in [3.63, 3.8) is 0 Å². The van der Waals surface area contributed by atoms with Gasteiger partial charge in [-0.2, -0.15) is 0 Å². The number of nitrogens with zero attached hydrogens (tertiary/aromatic N) is 1. The average molecular weight is 153 g/mol. The SMILES string of the molecule is C=C(C=C(C)C)C(=O)N(C)C. The molecule has 0 aromatic carbocycles. The molecule has 0 aromatic heterocycles. The molecule has 0 N–H and O–H groups in total. The van der Waals surface area contributed by atoms with Crippen LogP contribution in [-0.2, 0) is 4.79 Å². The Labute approximate surface area is 68.2 Å². The first kappa shape index (κ1) is 9.95. The second-order valence-electron chi connectivity index (χ2n) is 2.95. The van der Waals surface area contributed by atoms with Gasteiger partial charge in [-0.1, -0.05) is 18.2 Å². The molecule has 0 unspecified atom stereocenters. The molecule has 2 nitrogen and oxygen atoms in total. The normalized spacial score (nSPS) is 8.73. The number of likely N-dealkylation sites (N-methyl/N-ethyl adjacent to an activating group) is 1. The molecule has 0 spiro atoms. The molecular formula is C9H15NO. The summed E-state index contributed by atoms with van der Waals surface area (Å²) >= 11 is 0. The molecule has 0 saturated heterocycles. The summed E-state index contributed by atoms with van der Waals surface area (Å²) in [5, 5.41) is 0. The summed E-state index contributed by atoms with van der Waals surface area (Å²) < 4.78 is 0. The third kappa shape index (κ3) is 3.61. The van der Waals surface area contributed by atoms with Gasteiger partial charge in [0.1, 0.15) is 0 Å². The fourth-order valence-electron chi connectivity index (χ4n) is 0.697. The first-order valence-electron chi connectivity index (χ1n) is 3.50. The van der Waals surface area contributed by atoms with Gasteiger partial charge in [0.2, 0.25) is 0 Å². The van der Waals surface area contributed by atoms with Crippen LogP contribution in [0.2, 0.25) is 0 Å². The van der Waals surface area contributed by atoms with Crippen molar-refractivity contribution < 1.29 is 4.79 Å². The number of amides is 1. The number of carbonyl (C=O) groups excluding carboxylic acids is 1. The summed E-state index contributed by atoms with van der Waals surface area (Å²) in [5.74, 6) is -0.0359. The molecule has 0 radical (unpaired) electrons. The minimum atomic E-state index is -0.0359. The van der Waals surface area contributed by atoms with Gasteiger partial charge < -0.3 is 4.90 Å². The molecule has 11 heavy (non-hydrogen) atoms. The van der Waals surface area contributed by atoms with Crippen LogP contribution in [0.25, 0.3) is 0 Å². The standard InChI is InChI=1S/C9H15NO/c1-7(2)6-8(3)9(11)10(4)5/h6H,3H2,1-2,4-5H3. The molecule has 0 heterocycles. The van der Waals surface area contributed by atoms with Crippen LogP contribution in [0.15, 0.2) is 23.8 Å². The molecule has 0 bridgehead atoms. The Morgan fingerprint density at radius 3 is 2.09 bits per heavy atom. The highest BCUT2D eigenvalue weighted by molar-refractivity contribution is 5.95. The summed E-state index contributed by atoms with van der Waals surface area (Å²) in [7, 11) is 3.43. The van der Waals surface area contributed by atoms with Crippen molar-refractivity contribution in [2.24, 2.45) is 0 Å². The van der Waals surface area contributed by atoms with E-state index in [1.165, 1.54) is 4.90 Å². The molecular weight excluding hydrogens is 138 g/mol. The summed E-state index contributed by atoms with van der Waals surface area (Å²) in [4.78, 5) is 12.7. The van der Waals surface area contributed by atoms with Gasteiger partial charge in [0.15, 0.2) is 0 Å². The van der Waals surface area contributed by atoms with Gasteiger partial charge in [-0.3, -0.25) is 4.79 Å². The van der Waals surface area contributed by atoms with Crippen LogP contribution in [0, 0.1) is 0 Å². The second-order valence-corrected chi connectivity index (χ2v) is 2.95. The van der Waals surface area contributed by atoms with E-state index >= 15 is 0 Å². The summed E-state index contributed by atoms with van der Waals surface area (Å²) in [6, 6.07) is 0. The fraction of sp³-hybridized carbons (Fsp3) is 0.444. The van der Waals surface area contributed by atoms with E-state index in [-0.39, 0.29) is 5.91 Å². The third-order valence-electron chi connectivity index (χ3n) is 1.14. The van der Waals surface area contributed by atoms with Crippen LogP contribution >= 0.6 is 0 Å². The van der Waals surface area contributed by atoms with Gasteiger partial charge in [-0.05, 0) is 13.8 Å². The van der Waals surface area contributed by atoms with E-state index in [0.29, 0.717) is 5.57 Å². The maximum absolute atomic E-state index is 11.2. The van der Waals surface area contributed by atoms with Crippen molar-refractivity contribution in [3.05, 3.63) is 23.8 Å². The molecule has 2 heteroatoms. The van der Waals surface area contributed by atoms with Crippen molar-refractivity contribution in [2.75, 3.05) is 14.1 Å². The lowest BCUT2D eigenvalue weighted by Crippen LogP contribution is -2.22. The van der Waals surface area contributed by atoms with Crippen LogP contribution in [0.1, 0.15) is 13.8 Å². The van der Waals surface area contributed by atoms with Gasteiger partial charge in [-0.25, -0.2) is 0 Å². The Morgan fingerprint density at radius 1 is 1.36 bits per heavy atom. The van der Waals surface area contributed by atoms with Crippen molar-refractivity contribution in [1.82, 2.24) is 4.90 Å². The molecule has 1 amide bonds. The van der Waals surface area contributed by atoms with Crippen LogP contribution in [0.4, 0.5) is 0 Å². The van der Waals surface area contributed by atoms with Crippen molar-refractivity contribution >= 4 is 5.91 Å². The molecule has 0 aliphatic carbocycles. The molecule has 62 valence electrons. The first-order chi connectivity index (χ1) is 4.95. The molecule has 0 atom stereocenters. The van der Waals surface area contributed by atoms with Crippen LogP contribution in [-0.4, -0.2) is 24.9 Å². The maximum Gasteiger partial charge on any atom is 0.252 e. The lowest BCUT2D eigenvalue weighted by molar-refractivity contribution is -0.124. The number of allylic oxidation sites excluding steroid dienone is 1. The van der Waals surface area contributed by atoms with E-state index < -0.39 is 0 Å². The quantitative estimate of drug-likeness (QED) is 0.436. The zero-order valence-corrected chi connectivity index (χ0v) is 7.64. The monoisotopic (exact) mass is 153 g/mol. The Morgan fingerprint density at radius 2 is 1.82 bits per heavy atom. The largest absolute Gasteiger partial charge is 0.345 e. The lowest BCUT2D eigenvalue weighted by Gasteiger charge is -2.09. The Hall–Kier alpha value is -1.05. The summed E-state index contributed by atoms with van der Waals surface area (Å²) in [6.45, 7) is 7.53. The minimum Gasteiger partial charge on any atom is -0.345 e. The van der Waals surface area contributed by atoms with Crippen LogP contribution < -0.4 is 0 Å². The average Bonchev–Trinajstić information content (AvgIpc) is 1.84. The zero-order valence-electron chi connectivity index (χ0n) is 7.64. The number of carbonyl (C=O) groups is 1. The Bertz CT molecular complexity index is 198. The molecule has 0 saturated carbocycles. The van der Waals surface area contributed by atoms with E-state index in [1.807, 2.05) is 13.8 Å². The number of hydrogen-bond acceptors (Lipinski definition) is 1. The molecule has 0 aliphatic heterocycles. The Kier molecular flexibility index (Phi) is 3.58. The van der Waals surface area contributed by atoms with Crippen molar-refractivity contribution in [1.29, 1.82) is 0 Å². The zero-order chi connectivity index (χ0) is 9.02. The predicted molar refractivity (Wildman–Crippen MR) is 47.3 cm³/mol. The highest BCUT2D eigenvalue weighted by Crippen LogP contribution is 2.01. The molecule has 0 aliphatic rings. The lowest BCUT2D eigenvalue weighted by atomic mass is 10.2. The topological polar surface area (TPSA) is 20.3 Å². The number of hydrogen-bond donors (Lipinski definition) is 0. The molecule has 0 aromatic rings. The highest BCUT2D eigenvalue weighted by atomic mass is 16.2. The van der Waals surface area contributed by atoms with E-state index in [1.54, 1.807) is 20.2 Å². The van der Waals surface area contributed by atoms with Crippen molar-refractivity contribution in [3.8, 4) is 0 Å². The van der Waals surface area contributed by atoms with Gasteiger partial charge in [0.05, 0.1) is 0 Å². The number of rotatable bonds is 2. The van der Waals surface area contributed by atoms with E-state index in [0.717, 1.165) is 5.57 Å². The van der Waals surface area contributed by atoms with E-state index in [2.05, 4.69) is 6.58 Å². The highest BCUT2D eigenvalue weighted by Gasteiger charge is 2.04. The van der Waals surface area contributed by atoms with Gasteiger partial charge in [-0.15, -0.1) is 0 Å². The first-order valence-corrected chi connectivity index (χ1v) is 3.50. The van der Waals surface area contributed by atoms with Gasteiger partial charge in [0.25, 0.3) is 5.91 Å². The van der Waals surface area contributed by atoms with Crippen molar-refractivity contribution in [2.45, 2.75) is 13.8 Å². The van der Waals surface area contributed by atoms with Gasteiger partial charge >= 0.3 is 0 Å². The molecule has 0 fully saturated rings. The van der Waals surface area contributed by atoms with E-state index in [9.17, 15) is 4.79 Å². The minimum absolute atomic E-state index is 0.0359. The summed E-state index contributed by atoms with van der Waals surface area (Å²) in [5.41, 5.74) is 1.63. The smallest absolute Gasteiger partial charge is 0.252 e. The summed E-state index contributed by atoms with van der Waals surface area (Å²) in [6.07, 6.45) is 1.78. The fourth-order valence-corrected chi connectivity index (χ4v) is 0.697. The maximum atomic E-state index is 11.2. The second kappa shape index (κ2) is 3.96. The Balaban J connectivity index is 4.28. The third-order valence-corrected chi connectivity index (χ3v) is 1.14. The van der Waals surface area contributed by atoms with Crippen LogP contribution in [0.3, 0.4) is 0 Å². The van der Waals surface area contributed by atoms with Gasteiger partial charge in [0, 0.05) is 19.7 Å². The molecule has 0 rings (SSSR count).